The summed E-state index contributed by atoms with van der Waals surface area (Å²) >= 11 is 0. The van der Waals surface area contributed by atoms with Crippen LogP contribution in [-0.2, 0) is 0 Å². The molecule has 0 amide bonds. The fourth-order valence-electron chi connectivity index (χ4n) is 4.41. The molecule has 3 aliphatic rings. The lowest BCUT2D eigenvalue weighted by molar-refractivity contribution is 0.0289. The Bertz CT molecular complexity index is 290. The van der Waals surface area contributed by atoms with E-state index in [0.29, 0.717) is 5.41 Å². The van der Waals surface area contributed by atoms with Gasteiger partial charge in [-0.15, -0.1) is 0 Å². The SMILES string of the molecule is CC1(C)CCCCC1N(CC1CCCNC1)C1CC1. The molecule has 2 heteroatoms. The monoisotopic (exact) mass is 264 g/mol. The Balaban J connectivity index is 1.65. The van der Waals surface area contributed by atoms with Crippen LogP contribution in [0.5, 0.6) is 0 Å². The molecule has 1 heterocycles. The van der Waals surface area contributed by atoms with E-state index < -0.39 is 0 Å². The first-order valence-corrected chi connectivity index (χ1v) is 8.63. The van der Waals surface area contributed by atoms with Gasteiger partial charge in [-0.25, -0.2) is 0 Å². The van der Waals surface area contributed by atoms with Crippen molar-refractivity contribution in [1.29, 1.82) is 0 Å². The second-order valence-corrected chi connectivity index (χ2v) is 7.89. The van der Waals surface area contributed by atoms with Crippen LogP contribution in [0.25, 0.3) is 0 Å². The van der Waals surface area contributed by atoms with Gasteiger partial charge in [-0.3, -0.25) is 4.90 Å². The third-order valence-electron chi connectivity index (χ3n) is 5.73. The van der Waals surface area contributed by atoms with Gasteiger partial charge in [-0.1, -0.05) is 26.7 Å². The zero-order valence-corrected chi connectivity index (χ0v) is 13.0. The van der Waals surface area contributed by atoms with E-state index in [2.05, 4.69) is 24.1 Å². The number of rotatable bonds is 4. The van der Waals surface area contributed by atoms with Gasteiger partial charge in [-0.2, -0.15) is 0 Å². The summed E-state index contributed by atoms with van der Waals surface area (Å²) in [6, 6.07) is 1.79. The average Bonchev–Trinajstić information content (AvgIpc) is 3.22. The van der Waals surface area contributed by atoms with Gasteiger partial charge in [0.25, 0.3) is 0 Å². The van der Waals surface area contributed by atoms with E-state index >= 15 is 0 Å². The van der Waals surface area contributed by atoms with Gasteiger partial charge < -0.3 is 5.32 Å². The first-order valence-electron chi connectivity index (χ1n) is 8.63. The zero-order valence-electron chi connectivity index (χ0n) is 13.0. The maximum Gasteiger partial charge on any atom is 0.0149 e. The summed E-state index contributed by atoms with van der Waals surface area (Å²) in [6.07, 6.45) is 11.6. The molecule has 1 aliphatic heterocycles. The minimum atomic E-state index is 0.545. The Kier molecular flexibility index (Phi) is 4.19. The lowest BCUT2D eigenvalue weighted by atomic mass is 9.72. The van der Waals surface area contributed by atoms with Crippen LogP contribution in [0, 0.1) is 11.3 Å². The average molecular weight is 264 g/mol. The van der Waals surface area contributed by atoms with Crippen molar-refractivity contribution in [2.45, 2.75) is 77.3 Å². The third-order valence-corrected chi connectivity index (χ3v) is 5.73. The summed E-state index contributed by atoms with van der Waals surface area (Å²) in [7, 11) is 0. The number of nitrogens with one attached hydrogen (secondary N) is 1. The van der Waals surface area contributed by atoms with Crippen LogP contribution in [0.1, 0.15) is 65.2 Å². The molecule has 0 spiro atoms. The van der Waals surface area contributed by atoms with Crippen molar-refractivity contribution in [2.75, 3.05) is 19.6 Å². The van der Waals surface area contributed by atoms with E-state index in [1.807, 2.05) is 0 Å². The van der Waals surface area contributed by atoms with Crippen LogP contribution >= 0.6 is 0 Å². The normalized spacial score (nSPS) is 35.5. The summed E-state index contributed by atoms with van der Waals surface area (Å²) in [6.45, 7) is 8.91. The van der Waals surface area contributed by atoms with E-state index in [1.165, 1.54) is 71.0 Å². The number of hydrogen-bond donors (Lipinski definition) is 1. The molecule has 0 aromatic rings. The Morgan fingerprint density at radius 1 is 1.05 bits per heavy atom. The highest BCUT2D eigenvalue weighted by Crippen LogP contribution is 2.43. The molecule has 0 aromatic heterocycles. The van der Waals surface area contributed by atoms with Crippen LogP contribution in [0.15, 0.2) is 0 Å². The van der Waals surface area contributed by atoms with Crippen molar-refractivity contribution >= 4 is 0 Å². The minimum Gasteiger partial charge on any atom is -0.316 e. The highest BCUT2D eigenvalue weighted by molar-refractivity contribution is 4.97. The highest BCUT2D eigenvalue weighted by Gasteiger charge is 2.42. The van der Waals surface area contributed by atoms with Gasteiger partial charge in [0, 0.05) is 18.6 Å². The minimum absolute atomic E-state index is 0.545. The highest BCUT2D eigenvalue weighted by atomic mass is 15.2. The third kappa shape index (κ3) is 3.33. The molecule has 110 valence electrons. The molecule has 3 fully saturated rings. The molecule has 2 unspecified atom stereocenters. The molecule has 3 rings (SSSR count). The summed E-state index contributed by atoms with van der Waals surface area (Å²) < 4.78 is 0. The first kappa shape index (κ1) is 13.9. The van der Waals surface area contributed by atoms with Gasteiger partial charge in [-0.05, 0) is 62.9 Å². The fourth-order valence-corrected chi connectivity index (χ4v) is 4.41. The van der Waals surface area contributed by atoms with Crippen LogP contribution < -0.4 is 5.32 Å². The van der Waals surface area contributed by atoms with Gasteiger partial charge >= 0.3 is 0 Å². The Labute approximate surface area is 119 Å². The second-order valence-electron chi connectivity index (χ2n) is 7.89. The molecule has 2 nitrogen and oxygen atoms in total. The number of nitrogens with zero attached hydrogens (tertiary/aromatic N) is 1. The summed E-state index contributed by atoms with van der Waals surface area (Å²) in [4.78, 5) is 2.94. The predicted molar refractivity (Wildman–Crippen MR) is 81.4 cm³/mol. The molecule has 0 bridgehead atoms. The maximum absolute atomic E-state index is 3.60. The molecule has 1 N–H and O–H groups in total. The van der Waals surface area contributed by atoms with Crippen molar-refractivity contribution in [3.8, 4) is 0 Å². The molecular weight excluding hydrogens is 232 g/mol. The van der Waals surface area contributed by atoms with Gasteiger partial charge in [0.05, 0.1) is 0 Å². The molecule has 1 saturated heterocycles. The smallest absolute Gasteiger partial charge is 0.0149 e. The van der Waals surface area contributed by atoms with E-state index in [0.717, 1.165) is 18.0 Å². The topological polar surface area (TPSA) is 15.3 Å². The Morgan fingerprint density at radius 3 is 2.53 bits per heavy atom. The molecular formula is C17H32N2. The largest absolute Gasteiger partial charge is 0.316 e. The fraction of sp³-hybridized carbons (Fsp3) is 1.00. The summed E-state index contributed by atoms with van der Waals surface area (Å²) in [5.74, 6) is 0.909. The summed E-state index contributed by atoms with van der Waals surface area (Å²) in [5.41, 5.74) is 0.545. The lowest BCUT2D eigenvalue weighted by Crippen LogP contribution is -2.51. The van der Waals surface area contributed by atoms with Crippen molar-refractivity contribution in [3.63, 3.8) is 0 Å². The molecule has 0 aromatic carbocycles. The number of piperidine rings is 1. The Morgan fingerprint density at radius 2 is 1.89 bits per heavy atom. The van der Waals surface area contributed by atoms with Crippen molar-refractivity contribution in [1.82, 2.24) is 10.2 Å². The van der Waals surface area contributed by atoms with E-state index in [4.69, 9.17) is 0 Å². The molecule has 19 heavy (non-hydrogen) atoms. The van der Waals surface area contributed by atoms with Crippen molar-refractivity contribution < 1.29 is 0 Å². The van der Waals surface area contributed by atoms with Crippen LogP contribution in [0.2, 0.25) is 0 Å². The van der Waals surface area contributed by atoms with E-state index in [-0.39, 0.29) is 0 Å². The van der Waals surface area contributed by atoms with Gasteiger partial charge in [0.1, 0.15) is 0 Å². The Hall–Kier alpha value is -0.0800. The summed E-state index contributed by atoms with van der Waals surface area (Å²) in [5, 5.41) is 3.60. The maximum atomic E-state index is 3.60. The van der Waals surface area contributed by atoms with Gasteiger partial charge in [0.15, 0.2) is 0 Å². The van der Waals surface area contributed by atoms with E-state index in [9.17, 15) is 0 Å². The van der Waals surface area contributed by atoms with Crippen molar-refractivity contribution in [3.05, 3.63) is 0 Å². The van der Waals surface area contributed by atoms with Crippen LogP contribution in [-0.4, -0.2) is 36.6 Å². The van der Waals surface area contributed by atoms with Crippen LogP contribution in [0.3, 0.4) is 0 Å². The number of hydrogen-bond acceptors (Lipinski definition) is 2. The molecule has 2 saturated carbocycles. The lowest BCUT2D eigenvalue weighted by Gasteiger charge is -2.47. The van der Waals surface area contributed by atoms with Crippen LogP contribution in [0.4, 0.5) is 0 Å². The molecule has 2 atom stereocenters. The zero-order chi connectivity index (χ0) is 13.3. The predicted octanol–water partition coefficient (Wildman–Crippen LogP) is 3.42. The second kappa shape index (κ2) is 5.73. The van der Waals surface area contributed by atoms with Gasteiger partial charge in [0.2, 0.25) is 0 Å². The van der Waals surface area contributed by atoms with E-state index in [1.54, 1.807) is 0 Å². The molecule has 2 aliphatic carbocycles. The molecule has 0 radical (unpaired) electrons. The first-order chi connectivity index (χ1) is 9.17. The standard InChI is InChI=1S/C17H32N2/c1-17(2)10-4-3-7-16(17)19(15-8-9-15)13-14-6-5-11-18-12-14/h14-16,18H,3-13H2,1-2H3. The van der Waals surface area contributed by atoms with Crippen molar-refractivity contribution in [2.24, 2.45) is 11.3 Å². The quantitative estimate of drug-likeness (QED) is 0.837.